The van der Waals surface area contributed by atoms with Gasteiger partial charge in [0, 0.05) is 11.1 Å². The molecule has 1 aromatic carbocycles. The minimum absolute atomic E-state index is 0.555. The molecule has 1 heterocycles. The maximum absolute atomic E-state index is 6.07. The highest BCUT2D eigenvalue weighted by Crippen LogP contribution is 2.28. The standard InChI is InChI=1S/C14H20ClN/c1-2-14(16-9-4-3-5-10-16)12-7-6-8-13(15)11-12/h6-8,11,14H,2-5,9-10H2,1H3. The minimum atomic E-state index is 0.555. The van der Waals surface area contributed by atoms with Gasteiger partial charge in [0.2, 0.25) is 0 Å². The average molecular weight is 238 g/mol. The van der Waals surface area contributed by atoms with Crippen LogP contribution in [0, 0.1) is 0 Å². The van der Waals surface area contributed by atoms with Crippen LogP contribution >= 0.6 is 11.6 Å². The highest BCUT2D eigenvalue weighted by Gasteiger charge is 2.20. The second kappa shape index (κ2) is 5.70. The van der Waals surface area contributed by atoms with Crippen LogP contribution in [0.25, 0.3) is 0 Å². The summed E-state index contributed by atoms with van der Waals surface area (Å²) in [5, 5.41) is 0.855. The third-order valence-corrected chi connectivity index (χ3v) is 3.69. The molecule has 1 aliphatic rings. The second-order valence-electron chi connectivity index (χ2n) is 4.58. The van der Waals surface area contributed by atoms with Gasteiger partial charge in [-0.2, -0.15) is 0 Å². The van der Waals surface area contributed by atoms with Crippen molar-refractivity contribution in [2.24, 2.45) is 0 Å². The Balaban J connectivity index is 2.14. The lowest BCUT2D eigenvalue weighted by atomic mass is 10.00. The van der Waals surface area contributed by atoms with E-state index in [1.54, 1.807) is 0 Å². The molecule has 0 radical (unpaired) electrons. The molecule has 16 heavy (non-hydrogen) atoms. The van der Waals surface area contributed by atoms with E-state index in [1.807, 2.05) is 6.07 Å². The number of hydrogen-bond acceptors (Lipinski definition) is 1. The summed E-state index contributed by atoms with van der Waals surface area (Å²) in [6.45, 7) is 4.75. The fourth-order valence-corrected chi connectivity index (χ4v) is 2.85. The van der Waals surface area contributed by atoms with Crippen molar-refractivity contribution in [3.05, 3.63) is 34.9 Å². The van der Waals surface area contributed by atoms with E-state index in [9.17, 15) is 0 Å². The molecule has 1 unspecified atom stereocenters. The lowest BCUT2D eigenvalue weighted by Crippen LogP contribution is -2.33. The zero-order chi connectivity index (χ0) is 11.4. The summed E-state index contributed by atoms with van der Waals surface area (Å²) in [5.41, 5.74) is 1.37. The Morgan fingerprint density at radius 2 is 2.00 bits per heavy atom. The van der Waals surface area contributed by atoms with Gasteiger partial charge < -0.3 is 0 Å². The van der Waals surface area contributed by atoms with Crippen molar-refractivity contribution in [1.82, 2.24) is 4.90 Å². The van der Waals surface area contributed by atoms with Crippen LogP contribution in [0.2, 0.25) is 5.02 Å². The first-order chi connectivity index (χ1) is 7.81. The maximum atomic E-state index is 6.07. The van der Waals surface area contributed by atoms with E-state index in [0.29, 0.717) is 6.04 Å². The molecule has 0 N–H and O–H groups in total. The van der Waals surface area contributed by atoms with Crippen molar-refractivity contribution in [2.45, 2.75) is 38.6 Å². The number of likely N-dealkylation sites (tertiary alicyclic amines) is 1. The summed E-state index contributed by atoms with van der Waals surface area (Å²) in [5.74, 6) is 0. The van der Waals surface area contributed by atoms with Gasteiger partial charge in [0.05, 0.1) is 0 Å². The summed E-state index contributed by atoms with van der Waals surface area (Å²) < 4.78 is 0. The first kappa shape index (κ1) is 11.9. The van der Waals surface area contributed by atoms with Crippen LogP contribution < -0.4 is 0 Å². The quantitative estimate of drug-likeness (QED) is 0.759. The lowest BCUT2D eigenvalue weighted by molar-refractivity contribution is 0.159. The Hall–Kier alpha value is -0.530. The molecule has 1 saturated heterocycles. The van der Waals surface area contributed by atoms with Crippen molar-refractivity contribution in [1.29, 1.82) is 0 Å². The van der Waals surface area contributed by atoms with Gasteiger partial charge in [0.15, 0.2) is 0 Å². The topological polar surface area (TPSA) is 3.24 Å². The SMILES string of the molecule is CCC(c1cccc(Cl)c1)N1CCCCC1. The second-order valence-corrected chi connectivity index (χ2v) is 5.01. The minimum Gasteiger partial charge on any atom is -0.296 e. The van der Waals surface area contributed by atoms with Crippen LogP contribution in [-0.2, 0) is 0 Å². The largest absolute Gasteiger partial charge is 0.296 e. The summed E-state index contributed by atoms with van der Waals surface area (Å²) in [4.78, 5) is 2.61. The Morgan fingerprint density at radius 3 is 2.62 bits per heavy atom. The third kappa shape index (κ3) is 2.78. The normalized spacial score (nSPS) is 19.6. The zero-order valence-electron chi connectivity index (χ0n) is 9.95. The van der Waals surface area contributed by atoms with E-state index >= 15 is 0 Å². The molecule has 1 aromatic rings. The number of nitrogens with zero attached hydrogens (tertiary/aromatic N) is 1. The fraction of sp³-hybridized carbons (Fsp3) is 0.571. The van der Waals surface area contributed by atoms with E-state index in [0.717, 1.165) is 5.02 Å². The predicted octanol–water partition coefficient (Wildman–Crippen LogP) is 4.28. The molecular formula is C14H20ClN. The molecule has 1 fully saturated rings. The van der Waals surface area contributed by atoms with Gasteiger partial charge in [-0.1, -0.05) is 37.1 Å². The van der Waals surface area contributed by atoms with E-state index in [-0.39, 0.29) is 0 Å². The van der Waals surface area contributed by atoms with Crippen molar-refractivity contribution in [3.63, 3.8) is 0 Å². The van der Waals surface area contributed by atoms with E-state index in [1.165, 1.54) is 44.3 Å². The van der Waals surface area contributed by atoms with E-state index in [4.69, 9.17) is 11.6 Å². The fourth-order valence-electron chi connectivity index (χ4n) is 2.65. The summed E-state index contributed by atoms with van der Waals surface area (Å²) in [6, 6.07) is 8.89. The van der Waals surface area contributed by atoms with Gasteiger partial charge in [-0.05, 0) is 50.0 Å². The van der Waals surface area contributed by atoms with Gasteiger partial charge in [0.1, 0.15) is 0 Å². The average Bonchev–Trinajstić information content (AvgIpc) is 2.31. The molecule has 1 nitrogen and oxygen atoms in total. The van der Waals surface area contributed by atoms with Crippen molar-refractivity contribution < 1.29 is 0 Å². The van der Waals surface area contributed by atoms with Crippen LogP contribution in [0.5, 0.6) is 0 Å². The molecule has 2 heteroatoms. The Bertz CT molecular complexity index is 331. The van der Waals surface area contributed by atoms with Gasteiger partial charge in [-0.3, -0.25) is 4.90 Å². The molecule has 1 atom stereocenters. The van der Waals surface area contributed by atoms with Crippen molar-refractivity contribution >= 4 is 11.6 Å². The molecule has 0 bridgehead atoms. The number of hydrogen-bond donors (Lipinski definition) is 0. The van der Waals surface area contributed by atoms with E-state index < -0.39 is 0 Å². The van der Waals surface area contributed by atoms with Crippen LogP contribution in [0.15, 0.2) is 24.3 Å². The molecule has 0 amide bonds. The Labute approximate surface area is 103 Å². The summed E-state index contributed by atoms with van der Waals surface area (Å²) in [6.07, 6.45) is 5.25. The molecule has 88 valence electrons. The molecule has 1 aliphatic heterocycles. The van der Waals surface area contributed by atoms with Crippen LogP contribution in [0.3, 0.4) is 0 Å². The molecule has 0 spiro atoms. The van der Waals surface area contributed by atoms with Gasteiger partial charge >= 0.3 is 0 Å². The number of benzene rings is 1. The molecule has 0 aromatic heterocycles. The lowest BCUT2D eigenvalue weighted by Gasteiger charge is -2.34. The van der Waals surface area contributed by atoms with E-state index in [2.05, 4.69) is 30.0 Å². The van der Waals surface area contributed by atoms with Crippen LogP contribution in [0.1, 0.15) is 44.2 Å². The zero-order valence-corrected chi connectivity index (χ0v) is 10.7. The third-order valence-electron chi connectivity index (χ3n) is 3.45. The first-order valence-corrected chi connectivity index (χ1v) is 6.68. The number of piperidine rings is 1. The van der Waals surface area contributed by atoms with Gasteiger partial charge in [-0.15, -0.1) is 0 Å². The number of halogens is 1. The van der Waals surface area contributed by atoms with Crippen LogP contribution in [0.4, 0.5) is 0 Å². The van der Waals surface area contributed by atoms with Gasteiger partial charge in [0.25, 0.3) is 0 Å². The van der Waals surface area contributed by atoms with Crippen molar-refractivity contribution in [2.75, 3.05) is 13.1 Å². The first-order valence-electron chi connectivity index (χ1n) is 6.31. The Morgan fingerprint density at radius 1 is 1.25 bits per heavy atom. The highest BCUT2D eigenvalue weighted by molar-refractivity contribution is 6.30. The molecular weight excluding hydrogens is 218 g/mol. The molecule has 0 aliphatic carbocycles. The highest BCUT2D eigenvalue weighted by atomic mass is 35.5. The summed E-state index contributed by atoms with van der Waals surface area (Å²) >= 11 is 6.07. The summed E-state index contributed by atoms with van der Waals surface area (Å²) in [7, 11) is 0. The molecule has 2 rings (SSSR count). The van der Waals surface area contributed by atoms with Crippen LogP contribution in [-0.4, -0.2) is 18.0 Å². The Kier molecular flexibility index (Phi) is 4.25. The number of rotatable bonds is 3. The maximum Gasteiger partial charge on any atom is 0.0409 e. The monoisotopic (exact) mass is 237 g/mol. The smallest absolute Gasteiger partial charge is 0.0409 e. The molecule has 0 saturated carbocycles. The van der Waals surface area contributed by atoms with Crippen molar-refractivity contribution in [3.8, 4) is 0 Å². The van der Waals surface area contributed by atoms with Gasteiger partial charge in [-0.25, -0.2) is 0 Å². The predicted molar refractivity (Wildman–Crippen MR) is 69.9 cm³/mol.